The Morgan fingerprint density at radius 2 is 1.15 bits per heavy atom. The molecule has 3 unspecified atom stereocenters. The second kappa shape index (κ2) is 35.8. The molecule has 4 aliphatic heterocycles. The first-order valence-corrected chi connectivity index (χ1v) is 46.2. The minimum atomic E-state index is -3.92. The van der Waals surface area contributed by atoms with Crippen molar-refractivity contribution in [1.29, 1.82) is 0 Å². The van der Waals surface area contributed by atoms with Crippen molar-refractivity contribution >= 4 is 130 Å². The van der Waals surface area contributed by atoms with E-state index in [-0.39, 0.29) is 55.2 Å². The summed E-state index contributed by atoms with van der Waals surface area (Å²) in [5, 5.41) is 0. The minimum absolute atomic E-state index is 0.0319. The van der Waals surface area contributed by atoms with Crippen LogP contribution in [-0.4, -0.2) is 120 Å². The molecule has 0 radical (unpaired) electrons. The van der Waals surface area contributed by atoms with Gasteiger partial charge in [-0.3, -0.25) is 42.6 Å². The van der Waals surface area contributed by atoms with Crippen LogP contribution >= 0.6 is 0 Å². The van der Waals surface area contributed by atoms with Gasteiger partial charge in [-0.25, -0.2) is 37.9 Å². The number of allylic oxidation sites excluding steroid dienone is 1. The molecule has 4 N–H and O–H groups in total. The number of ether oxygens (including phenoxy) is 2. The number of nitrogens with one attached hydrogen (secondary N) is 4. The predicted octanol–water partition coefficient (Wildman–Crippen LogP) is 15.5. The molecular weight excluding hydrogens is 1540 g/mol. The van der Waals surface area contributed by atoms with Crippen molar-refractivity contribution in [3.63, 3.8) is 0 Å². The Morgan fingerprint density at radius 3 is 1.69 bits per heavy atom. The van der Waals surface area contributed by atoms with E-state index >= 15 is 0 Å². The third-order valence-corrected chi connectivity index (χ3v) is 27.5. The maximum atomic E-state index is 13.2. The second-order valence-electron chi connectivity index (χ2n) is 29.7. The van der Waals surface area contributed by atoms with Crippen LogP contribution in [0.2, 0.25) is 0 Å². The highest BCUT2D eigenvalue weighted by atomic mass is 32.2. The summed E-state index contributed by atoms with van der Waals surface area (Å²) in [6.07, 6.45) is 12.9. The molecule has 608 valence electrons. The molecule has 0 bridgehead atoms. The maximum absolute atomic E-state index is 13.2. The van der Waals surface area contributed by atoms with Crippen molar-refractivity contribution in [3.05, 3.63) is 207 Å². The number of aryl methyl sites for hydroxylation is 5. The number of anilines is 8. The van der Waals surface area contributed by atoms with Crippen molar-refractivity contribution < 1.29 is 61.7 Å². The molecule has 1 aliphatic carbocycles. The minimum Gasteiger partial charge on any atom is -0.497 e. The van der Waals surface area contributed by atoms with Gasteiger partial charge >= 0.3 is 0 Å². The fourth-order valence-electron chi connectivity index (χ4n) is 14.7. The number of Topliss-reactive ketones (excluding diaryl/α,β-unsaturated/α-hetero) is 1. The second-order valence-corrected chi connectivity index (χ2v) is 38.7. The van der Waals surface area contributed by atoms with Gasteiger partial charge in [0, 0.05) is 114 Å². The first-order valence-electron chi connectivity index (χ1n) is 38.2. The van der Waals surface area contributed by atoms with Crippen LogP contribution in [0.5, 0.6) is 11.5 Å². The molecule has 8 aromatic carbocycles. The van der Waals surface area contributed by atoms with Crippen molar-refractivity contribution in [2.45, 2.75) is 178 Å². The number of ketones is 1. The number of methoxy groups -OCH3 is 2. The summed E-state index contributed by atoms with van der Waals surface area (Å²) in [6, 6.07) is 41.2. The quantitative estimate of drug-likeness (QED) is 0.0323. The van der Waals surface area contributed by atoms with Crippen molar-refractivity contribution in [2.75, 3.05) is 79.0 Å². The van der Waals surface area contributed by atoms with Gasteiger partial charge in [0.25, 0.3) is 40.1 Å². The average molecular weight is 1650 g/mol. The van der Waals surface area contributed by atoms with E-state index in [9.17, 15) is 52.3 Å². The first-order chi connectivity index (χ1) is 53.8. The zero-order valence-corrected chi connectivity index (χ0v) is 71.6. The van der Waals surface area contributed by atoms with Gasteiger partial charge in [0.1, 0.15) is 16.4 Å². The molecule has 114 heavy (non-hydrogen) atoms. The van der Waals surface area contributed by atoms with Crippen molar-refractivity contribution in [2.24, 2.45) is 10.9 Å². The van der Waals surface area contributed by atoms with Crippen LogP contribution in [0.4, 0.5) is 45.5 Å². The van der Waals surface area contributed by atoms with E-state index in [1.165, 1.54) is 13.0 Å². The van der Waals surface area contributed by atoms with E-state index in [4.69, 9.17) is 9.47 Å². The van der Waals surface area contributed by atoms with E-state index in [1.54, 1.807) is 133 Å². The number of amides is 2. The van der Waals surface area contributed by atoms with Crippen LogP contribution in [0.1, 0.15) is 154 Å². The highest BCUT2D eigenvalue weighted by Crippen LogP contribution is 2.42. The van der Waals surface area contributed by atoms with E-state index < -0.39 is 49.8 Å². The molecule has 1 fully saturated rings. The zero-order chi connectivity index (χ0) is 83.1. The lowest BCUT2D eigenvalue weighted by Crippen LogP contribution is -2.42. The standard InChI is InChI=1S/C25H32N2O4S.C22H26N2O4S.C20H23N3O2S.C19H24N2O4S2/c1-5-17-13-21(14-18(6-2)24(17)31-4)26-32(29,30)22-10-11-23-20(15-22)12-16(3)27(23)25(28)19-8-7-9-19;1-5-6-20(26)17-7-9-19(10-8-17)23-29(27,28)21-12-14(2)11-18-13-15(3)24(16(4)25)22(18)21;1-14-5-9-17(13-20(14)23(3)4)22-26(24,25)18-10-7-16(8-11-18)19-12-6-15(2)21-19;1-5-14-10-16(13-17(11-14)25-2)20-27(23,24)18-6-7-19-15(12-18)8-9-21(19)26(3,4)22/h10-11,13-16,19,26H,5-9,12H2,1-4H3;7-12,15,23H,5-6,13H2,1-4H3;5,7-13,22H,6H2,1-4H3;6-7,10-13,20H,3,5,8-9H2,1-2,4H3. The van der Waals surface area contributed by atoms with Crippen LogP contribution in [-0.2, 0) is 97.9 Å². The number of nitrogens with zero attached hydrogens (tertiary/aromatic N) is 5. The number of fused-ring (bicyclic) bond motifs is 3. The molecule has 3 atom stereocenters. The molecular formula is C86H105N9O14S5. The molecule has 28 heteroatoms. The Balaban J connectivity index is 0.000000161. The monoisotopic (exact) mass is 1650 g/mol. The predicted molar refractivity (Wildman–Crippen MR) is 461 cm³/mol. The smallest absolute Gasteiger partial charge is 0.263 e. The lowest BCUT2D eigenvalue weighted by molar-refractivity contribution is -0.125. The summed E-state index contributed by atoms with van der Waals surface area (Å²) in [4.78, 5) is 47.6. The average Bonchev–Trinajstić information content (AvgIpc) is 1.58. The lowest BCUT2D eigenvalue weighted by Gasteiger charge is -2.32. The molecule has 13 rings (SSSR count). The Kier molecular flexibility index (Phi) is 27.1. The molecule has 8 aromatic rings. The number of hydrogen-bond donors (Lipinski definition) is 4. The van der Waals surface area contributed by atoms with Crippen LogP contribution in [0, 0.1) is 19.8 Å². The summed E-state index contributed by atoms with van der Waals surface area (Å²) in [6.45, 7) is 19.7. The fourth-order valence-corrected chi connectivity index (χ4v) is 20.4. The molecule has 23 nitrogen and oxygen atoms in total. The van der Waals surface area contributed by atoms with Gasteiger partial charge in [-0.1, -0.05) is 64.5 Å². The zero-order valence-electron chi connectivity index (χ0n) is 67.6. The molecule has 1 saturated carbocycles. The Labute approximate surface area is 674 Å². The normalized spacial score (nSPS) is 16.1. The highest BCUT2D eigenvalue weighted by molar-refractivity contribution is 8.01. The largest absolute Gasteiger partial charge is 0.497 e. The van der Waals surface area contributed by atoms with Crippen LogP contribution < -0.4 is 47.4 Å². The SMILES string of the molecule is C=S(C)(=O)N1CCc2cc(S(=O)(=O)Nc3cc(CC)cc(OC)c3)ccc21.CC1=NC(c2ccc(S(=O)(=O)Nc3ccc(C)c(N(C)C)c3)cc2)=CC1.CCCC(=O)c1ccc(NS(=O)(=O)c2cc(C)cc3c2N(C(C)=O)C(C)C3)cc1.CCc1cc(NS(=O)(=O)c2ccc3c(c2)CC(C)N3C(=O)C2CCC2)cc(CC)c1OC. The first kappa shape index (κ1) is 86.4. The summed E-state index contributed by atoms with van der Waals surface area (Å²) < 4.78 is 139. The topological polar surface area (TPSA) is 297 Å². The number of hydrogen-bond acceptors (Lipinski definition) is 16. The summed E-state index contributed by atoms with van der Waals surface area (Å²) in [7, 11) is -10.4. The van der Waals surface area contributed by atoms with E-state index in [1.807, 2.05) is 129 Å². The maximum Gasteiger partial charge on any atom is 0.263 e. The van der Waals surface area contributed by atoms with E-state index in [0.29, 0.717) is 72.0 Å². The summed E-state index contributed by atoms with van der Waals surface area (Å²) >= 11 is 0. The van der Waals surface area contributed by atoms with Gasteiger partial charge in [0.2, 0.25) is 11.8 Å². The van der Waals surface area contributed by atoms with Gasteiger partial charge < -0.3 is 24.2 Å². The third-order valence-electron chi connectivity index (χ3n) is 20.6. The number of carbonyl (C=O) groups is 3. The molecule has 0 spiro atoms. The Morgan fingerprint density at radius 1 is 0.588 bits per heavy atom. The number of aliphatic imine (C=N–C) groups is 1. The molecule has 0 aromatic heterocycles. The fraction of sp³-hybridized carbons (Fsp3) is 0.360. The summed E-state index contributed by atoms with van der Waals surface area (Å²) in [5.41, 5.74) is 15.9. The van der Waals surface area contributed by atoms with Gasteiger partial charge in [-0.2, -0.15) is 0 Å². The van der Waals surface area contributed by atoms with Crippen LogP contribution in [0.25, 0.3) is 5.70 Å². The van der Waals surface area contributed by atoms with Crippen molar-refractivity contribution in [3.8, 4) is 11.5 Å². The number of carbonyl (C=O) groups excluding carboxylic acids is 3. The van der Waals surface area contributed by atoms with Crippen LogP contribution in [0.15, 0.2) is 176 Å². The van der Waals surface area contributed by atoms with E-state index in [2.05, 4.69) is 29.8 Å². The van der Waals surface area contributed by atoms with Gasteiger partial charge in [0.05, 0.1) is 57.4 Å². The molecule has 0 saturated heterocycles. The summed E-state index contributed by atoms with van der Waals surface area (Å²) in [5.74, 6) is 5.28. The van der Waals surface area contributed by atoms with Gasteiger partial charge in [0.15, 0.2) is 5.78 Å². The number of rotatable bonds is 24. The van der Waals surface area contributed by atoms with Crippen molar-refractivity contribution in [1.82, 2.24) is 0 Å². The van der Waals surface area contributed by atoms with Gasteiger partial charge in [-0.15, -0.1) is 0 Å². The Hall–Kier alpha value is -10.0. The lowest BCUT2D eigenvalue weighted by atomic mass is 9.84. The Bertz CT molecular complexity index is 5600. The molecule has 5 aliphatic rings. The van der Waals surface area contributed by atoms with Crippen LogP contribution in [0.3, 0.4) is 0 Å². The third kappa shape index (κ3) is 20.0. The molecule has 2 amide bonds. The molecule has 4 heterocycles. The number of benzene rings is 8. The highest BCUT2D eigenvalue weighted by Gasteiger charge is 2.39. The van der Waals surface area contributed by atoms with Gasteiger partial charge in [-0.05, 0) is 264 Å². The number of sulfonamides is 4. The van der Waals surface area contributed by atoms with E-state index in [0.717, 1.165) is 136 Å².